The minimum atomic E-state index is -1.64. The van der Waals surface area contributed by atoms with E-state index in [9.17, 15) is 9.18 Å². The van der Waals surface area contributed by atoms with Crippen LogP contribution in [-0.2, 0) is 5.67 Å². The Bertz CT molecular complexity index is 1400. The summed E-state index contributed by atoms with van der Waals surface area (Å²) in [4.78, 5) is 26.6. The van der Waals surface area contributed by atoms with E-state index in [1.807, 2.05) is 13.0 Å². The summed E-state index contributed by atoms with van der Waals surface area (Å²) in [5, 5.41) is 0.362. The molecule has 4 aromatic rings. The number of alkyl halides is 1. The van der Waals surface area contributed by atoms with Crippen molar-refractivity contribution in [3.05, 3.63) is 63.8 Å². The van der Waals surface area contributed by atoms with Gasteiger partial charge in [0, 0.05) is 43.9 Å². The molecule has 1 aliphatic heterocycles. The molecule has 0 unspecified atom stereocenters. The van der Waals surface area contributed by atoms with Crippen molar-refractivity contribution in [1.29, 1.82) is 0 Å². The number of likely N-dealkylation sites (tertiary alicyclic amines) is 1. The fourth-order valence-electron chi connectivity index (χ4n) is 4.59. The second kappa shape index (κ2) is 7.48. The fraction of sp³-hybridized carbons (Fsp3) is 0.375. The monoisotopic (exact) mass is 437 g/mol. The highest BCUT2D eigenvalue weighted by molar-refractivity contribution is 5.86. The lowest BCUT2D eigenvalue weighted by Crippen LogP contribution is -2.41. The van der Waals surface area contributed by atoms with Crippen LogP contribution in [0.2, 0.25) is 0 Å². The number of pyridine rings is 1. The molecule has 1 N–H and O–H groups in total. The summed E-state index contributed by atoms with van der Waals surface area (Å²) >= 11 is 0. The number of benzene rings is 1. The Morgan fingerprint density at radius 3 is 2.56 bits per heavy atom. The Hall–Kier alpha value is -3.13. The predicted octanol–water partition coefficient (Wildman–Crippen LogP) is 4.27. The van der Waals surface area contributed by atoms with Crippen LogP contribution >= 0.6 is 0 Å². The van der Waals surface area contributed by atoms with Gasteiger partial charge in [0.05, 0.1) is 16.6 Å². The third kappa shape index (κ3) is 3.39. The van der Waals surface area contributed by atoms with Gasteiger partial charge in [0.15, 0.2) is 17.1 Å². The van der Waals surface area contributed by atoms with Gasteiger partial charge in [-0.25, -0.2) is 18.7 Å². The molecule has 3 aromatic heterocycles. The molecule has 0 bridgehead atoms. The minimum absolute atomic E-state index is 0.1000. The molecule has 6 nitrogen and oxygen atoms in total. The van der Waals surface area contributed by atoms with Crippen LogP contribution in [0.25, 0.3) is 27.7 Å². The first-order valence-corrected chi connectivity index (χ1v) is 10.9. The van der Waals surface area contributed by atoms with Crippen molar-refractivity contribution in [3.8, 4) is 11.1 Å². The van der Waals surface area contributed by atoms with Crippen molar-refractivity contribution < 1.29 is 8.78 Å². The number of imidazole rings is 1. The summed E-state index contributed by atoms with van der Waals surface area (Å²) in [7, 11) is 0. The molecule has 0 amide bonds. The van der Waals surface area contributed by atoms with Crippen LogP contribution < -0.4 is 5.56 Å². The smallest absolute Gasteiger partial charge is 0.258 e. The standard InChI is InChI=1S/C24H25F2N5O/c1-4-30-7-5-24(26,6-8-30)23-28-20-14(2)9-16(10-18(20)22(32)29-23)17-11-19(25)21-27-15(3)12-31(21)13-17/h9-13H,4-8H2,1-3H3,(H,28,29,32). The Morgan fingerprint density at radius 1 is 1.09 bits per heavy atom. The van der Waals surface area contributed by atoms with Gasteiger partial charge < -0.3 is 14.3 Å². The van der Waals surface area contributed by atoms with E-state index in [0.717, 1.165) is 12.1 Å². The summed E-state index contributed by atoms with van der Waals surface area (Å²) < 4.78 is 31.9. The molecular formula is C24H25F2N5O. The number of aryl methyl sites for hydroxylation is 2. The molecule has 0 atom stereocenters. The van der Waals surface area contributed by atoms with E-state index in [1.165, 1.54) is 6.07 Å². The van der Waals surface area contributed by atoms with Crippen molar-refractivity contribution in [2.75, 3.05) is 19.6 Å². The van der Waals surface area contributed by atoms with Crippen LogP contribution in [0.1, 0.15) is 36.8 Å². The van der Waals surface area contributed by atoms with Gasteiger partial charge >= 0.3 is 0 Å². The molecular weight excluding hydrogens is 412 g/mol. The van der Waals surface area contributed by atoms with E-state index in [2.05, 4.69) is 26.8 Å². The highest BCUT2D eigenvalue weighted by atomic mass is 19.1. The fourth-order valence-corrected chi connectivity index (χ4v) is 4.59. The first kappa shape index (κ1) is 20.8. The van der Waals surface area contributed by atoms with E-state index in [1.54, 1.807) is 29.8 Å². The van der Waals surface area contributed by atoms with Gasteiger partial charge in [0.2, 0.25) is 0 Å². The maximum Gasteiger partial charge on any atom is 0.258 e. The number of rotatable bonds is 3. The molecule has 1 aromatic carbocycles. The van der Waals surface area contributed by atoms with Gasteiger partial charge in [-0.15, -0.1) is 0 Å². The number of hydrogen-bond acceptors (Lipinski definition) is 4. The lowest BCUT2D eigenvalue weighted by Gasteiger charge is -2.35. The lowest BCUT2D eigenvalue weighted by molar-refractivity contribution is 0.0508. The van der Waals surface area contributed by atoms with Crippen LogP contribution in [0, 0.1) is 19.7 Å². The zero-order valence-corrected chi connectivity index (χ0v) is 18.4. The van der Waals surface area contributed by atoms with E-state index in [0.29, 0.717) is 53.7 Å². The maximum absolute atomic E-state index is 15.7. The first-order valence-electron chi connectivity index (χ1n) is 10.9. The summed E-state index contributed by atoms with van der Waals surface area (Å²) in [6.07, 6.45) is 4.14. The Morgan fingerprint density at radius 2 is 1.84 bits per heavy atom. The molecule has 4 heterocycles. The second-order valence-electron chi connectivity index (χ2n) is 8.69. The SMILES string of the molecule is CCN1CCC(F)(c2nc3c(C)cc(-c4cc(F)c5nc(C)cn5c4)cc3c(=O)[nH]2)CC1. The number of H-pyrrole nitrogens is 1. The molecule has 8 heteroatoms. The number of piperidine rings is 1. The number of nitrogens with one attached hydrogen (secondary N) is 1. The van der Waals surface area contributed by atoms with Crippen molar-refractivity contribution in [2.24, 2.45) is 0 Å². The van der Waals surface area contributed by atoms with Crippen molar-refractivity contribution in [1.82, 2.24) is 24.3 Å². The number of hydrogen-bond donors (Lipinski definition) is 1. The van der Waals surface area contributed by atoms with E-state index < -0.39 is 11.5 Å². The summed E-state index contributed by atoms with van der Waals surface area (Å²) in [5.74, 6) is -0.337. The molecule has 166 valence electrons. The quantitative estimate of drug-likeness (QED) is 0.520. The van der Waals surface area contributed by atoms with E-state index in [4.69, 9.17) is 0 Å². The first-order chi connectivity index (χ1) is 15.3. The molecule has 32 heavy (non-hydrogen) atoms. The lowest BCUT2D eigenvalue weighted by atomic mass is 9.92. The van der Waals surface area contributed by atoms with Crippen LogP contribution in [0.3, 0.4) is 0 Å². The van der Waals surface area contributed by atoms with Gasteiger partial charge in [-0.2, -0.15) is 0 Å². The third-order valence-corrected chi connectivity index (χ3v) is 6.48. The molecule has 0 radical (unpaired) electrons. The van der Waals surface area contributed by atoms with Gasteiger partial charge in [-0.3, -0.25) is 4.79 Å². The minimum Gasteiger partial charge on any atom is -0.307 e. The largest absolute Gasteiger partial charge is 0.307 e. The number of halogens is 2. The van der Waals surface area contributed by atoms with E-state index in [-0.39, 0.29) is 17.0 Å². The second-order valence-corrected chi connectivity index (χ2v) is 8.69. The number of aromatic nitrogens is 4. The van der Waals surface area contributed by atoms with Gasteiger partial charge in [-0.1, -0.05) is 6.92 Å². The third-order valence-electron chi connectivity index (χ3n) is 6.48. The molecule has 1 aliphatic rings. The normalized spacial score (nSPS) is 16.8. The number of nitrogens with zero attached hydrogens (tertiary/aromatic N) is 4. The summed E-state index contributed by atoms with van der Waals surface area (Å²) in [5.41, 5.74) is 1.47. The molecule has 0 saturated carbocycles. The molecule has 0 aliphatic carbocycles. The summed E-state index contributed by atoms with van der Waals surface area (Å²) in [6.45, 7) is 7.84. The van der Waals surface area contributed by atoms with Crippen LogP contribution in [-0.4, -0.2) is 43.9 Å². The average Bonchev–Trinajstić information content (AvgIpc) is 3.15. The number of aromatic amines is 1. The van der Waals surface area contributed by atoms with Gasteiger partial charge in [0.1, 0.15) is 5.82 Å². The molecule has 5 rings (SSSR count). The highest BCUT2D eigenvalue weighted by Crippen LogP contribution is 2.35. The van der Waals surface area contributed by atoms with Crippen molar-refractivity contribution in [2.45, 2.75) is 39.3 Å². The number of fused-ring (bicyclic) bond motifs is 2. The van der Waals surface area contributed by atoms with Gasteiger partial charge in [0.25, 0.3) is 5.56 Å². The Balaban J connectivity index is 1.60. The Labute approximate surface area is 183 Å². The topological polar surface area (TPSA) is 66.3 Å². The molecule has 1 fully saturated rings. The van der Waals surface area contributed by atoms with Gasteiger partial charge in [-0.05, 0) is 49.7 Å². The summed E-state index contributed by atoms with van der Waals surface area (Å²) in [6, 6.07) is 4.96. The van der Waals surface area contributed by atoms with Crippen molar-refractivity contribution >= 4 is 16.6 Å². The highest BCUT2D eigenvalue weighted by Gasteiger charge is 2.38. The predicted molar refractivity (Wildman–Crippen MR) is 120 cm³/mol. The van der Waals surface area contributed by atoms with Crippen LogP contribution in [0.15, 0.2) is 35.4 Å². The van der Waals surface area contributed by atoms with Crippen molar-refractivity contribution in [3.63, 3.8) is 0 Å². The van der Waals surface area contributed by atoms with Crippen LogP contribution in [0.5, 0.6) is 0 Å². The van der Waals surface area contributed by atoms with E-state index >= 15 is 4.39 Å². The van der Waals surface area contributed by atoms with Crippen LogP contribution in [0.4, 0.5) is 8.78 Å². The average molecular weight is 437 g/mol. The zero-order chi connectivity index (χ0) is 22.6. The Kier molecular flexibility index (Phi) is 4.85. The maximum atomic E-state index is 15.7. The molecule has 0 spiro atoms. The molecule has 1 saturated heterocycles. The zero-order valence-electron chi connectivity index (χ0n) is 18.4.